The first-order valence-corrected chi connectivity index (χ1v) is 11.1. The average Bonchev–Trinajstić information content (AvgIpc) is 3.40. The van der Waals surface area contributed by atoms with Crippen molar-refractivity contribution in [3.05, 3.63) is 75.6 Å². The van der Waals surface area contributed by atoms with Crippen LogP contribution in [0.15, 0.2) is 47.1 Å². The summed E-state index contributed by atoms with van der Waals surface area (Å²) in [4.78, 5) is 38.3. The second kappa shape index (κ2) is 8.89. The van der Waals surface area contributed by atoms with E-state index in [0.717, 1.165) is 35.3 Å². The molecule has 2 N–H and O–H groups in total. The lowest BCUT2D eigenvalue weighted by Crippen LogP contribution is -2.19. The van der Waals surface area contributed by atoms with Gasteiger partial charge in [0.05, 0.1) is 11.8 Å². The van der Waals surface area contributed by atoms with Crippen molar-refractivity contribution < 1.29 is 18.8 Å². The first-order valence-electron chi connectivity index (χ1n) is 10.3. The molecule has 1 aromatic carbocycles. The number of fused-ring (bicyclic) bond motifs is 1. The Kier molecular flexibility index (Phi) is 6.04. The Balaban J connectivity index is 1.59. The van der Waals surface area contributed by atoms with Gasteiger partial charge in [0, 0.05) is 23.9 Å². The fourth-order valence-electron chi connectivity index (χ4n) is 3.79. The molecule has 2 amide bonds. The molecule has 1 unspecified atom stereocenters. The van der Waals surface area contributed by atoms with Crippen LogP contribution in [-0.4, -0.2) is 17.6 Å². The zero-order chi connectivity index (χ0) is 22.0. The molecular weight excluding hydrogens is 412 g/mol. The molecule has 0 saturated carbocycles. The maximum absolute atomic E-state index is 13.2. The molecule has 3 aromatic rings. The predicted molar refractivity (Wildman–Crippen MR) is 120 cm³/mol. The normalized spacial score (nSPS) is 15.2. The molecule has 31 heavy (non-hydrogen) atoms. The number of hydrogen-bond acceptors (Lipinski definition) is 5. The van der Waals surface area contributed by atoms with Crippen molar-refractivity contribution in [1.29, 1.82) is 0 Å². The van der Waals surface area contributed by atoms with Crippen molar-refractivity contribution in [2.24, 2.45) is 5.92 Å². The molecule has 0 bridgehead atoms. The standard InChI is InChI=1S/C24H24N2O4S/c1-14-5-10-18-20(12-14)31-24(21(18)22(28)19-4-3-11-30-19)26-23(29)17-8-6-16(7-9-17)13-25-15(2)27/h3-4,6-9,11,14H,5,10,12-13H2,1-2H3,(H,25,27)(H,26,29). The summed E-state index contributed by atoms with van der Waals surface area (Å²) in [5, 5.41) is 6.27. The van der Waals surface area contributed by atoms with E-state index in [9.17, 15) is 14.4 Å². The number of anilines is 1. The molecule has 1 aliphatic carbocycles. The molecule has 160 valence electrons. The average molecular weight is 437 g/mol. The molecule has 1 aliphatic rings. The van der Waals surface area contributed by atoms with Gasteiger partial charge in [-0.3, -0.25) is 14.4 Å². The van der Waals surface area contributed by atoms with Crippen LogP contribution in [0.25, 0.3) is 0 Å². The van der Waals surface area contributed by atoms with E-state index in [1.165, 1.54) is 24.5 Å². The minimum atomic E-state index is -0.272. The molecule has 6 nitrogen and oxygen atoms in total. The van der Waals surface area contributed by atoms with Crippen LogP contribution in [0.4, 0.5) is 5.00 Å². The second-order valence-electron chi connectivity index (χ2n) is 7.92. The number of thiophene rings is 1. The summed E-state index contributed by atoms with van der Waals surface area (Å²) < 4.78 is 5.34. The molecule has 0 aliphatic heterocycles. The molecule has 0 radical (unpaired) electrons. The summed E-state index contributed by atoms with van der Waals surface area (Å²) in [6.45, 7) is 4.08. The van der Waals surface area contributed by atoms with Gasteiger partial charge in [-0.15, -0.1) is 11.3 Å². The van der Waals surface area contributed by atoms with E-state index in [1.807, 2.05) is 0 Å². The van der Waals surface area contributed by atoms with Crippen molar-refractivity contribution in [2.75, 3.05) is 5.32 Å². The third kappa shape index (κ3) is 4.61. The highest BCUT2D eigenvalue weighted by atomic mass is 32.1. The highest BCUT2D eigenvalue weighted by Crippen LogP contribution is 2.41. The van der Waals surface area contributed by atoms with Gasteiger partial charge in [-0.25, -0.2) is 0 Å². The number of carbonyl (C=O) groups is 3. The first kappa shape index (κ1) is 21.1. The van der Waals surface area contributed by atoms with Crippen molar-refractivity contribution in [3.8, 4) is 0 Å². The molecule has 0 spiro atoms. The maximum Gasteiger partial charge on any atom is 0.256 e. The summed E-state index contributed by atoms with van der Waals surface area (Å²) in [5.74, 6) is 0.255. The Morgan fingerprint density at radius 3 is 2.61 bits per heavy atom. The summed E-state index contributed by atoms with van der Waals surface area (Å²) in [6, 6.07) is 10.4. The Morgan fingerprint density at radius 1 is 1.16 bits per heavy atom. The van der Waals surface area contributed by atoms with Gasteiger partial charge >= 0.3 is 0 Å². The lowest BCUT2D eigenvalue weighted by molar-refractivity contribution is -0.119. The number of furan rings is 1. The summed E-state index contributed by atoms with van der Waals surface area (Å²) in [6.07, 6.45) is 4.23. The molecule has 7 heteroatoms. The smallest absolute Gasteiger partial charge is 0.256 e. The number of amides is 2. The summed E-state index contributed by atoms with van der Waals surface area (Å²) >= 11 is 1.49. The fourth-order valence-corrected chi connectivity index (χ4v) is 5.19. The van der Waals surface area contributed by atoms with Crippen LogP contribution < -0.4 is 10.6 Å². The molecule has 1 atom stereocenters. The van der Waals surface area contributed by atoms with Gasteiger partial charge in [0.2, 0.25) is 11.7 Å². The van der Waals surface area contributed by atoms with Crippen LogP contribution in [0.1, 0.15) is 62.7 Å². The molecular formula is C24H24N2O4S. The highest BCUT2D eigenvalue weighted by Gasteiger charge is 2.30. The van der Waals surface area contributed by atoms with Gasteiger partial charge < -0.3 is 15.1 Å². The Bertz CT molecular complexity index is 1110. The third-order valence-corrected chi connectivity index (χ3v) is 6.64. The number of carbonyl (C=O) groups excluding carboxylic acids is 3. The highest BCUT2D eigenvalue weighted by molar-refractivity contribution is 7.17. The van der Waals surface area contributed by atoms with E-state index in [0.29, 0.717) is 28.6 Å². The van der Waals surface area contributed by atoms with Crippen LogP contribution in [0.3, 0.4) is 0 Å². The van der Waals surface area contributed by atoms with Gasteiger partial charge in [0.1, 0.15) is 5.00 Å². The predicted octanol–water partition coefficient (Wildman–Crippen LogP) is 4.59. The summed E-state index contributed by atoms with van der Waals surface area (Å²) in [7, 11) is 0. The number of nitrogens with one attached hydrogen (secondary N) is 2. The number of ketones is 1. The van der Waals surface area contributed by atoms with Gasteiger partial charge in [-0.1, -0.05) is 19.1 Å². The maximum atomic E-state index is 13.2. The first-order chi connectivity index (χ1) is 14.9. The largest absolute Gasteiger partial charge is 0.461 e. The van der Waals surface area contributed by atoms with Gasteiger partial charge in [0.15, 0.2) is 5.76 Å². The minimum Gasteiger partial charge on any atom is -0.461 e. The van der Waals surface area contributed by atoms with E-state index in [-0.39, 0.29) is 23.4 Å². The quantitative estimate of drug-likeness (QED) is 0.554. The number of hydrogen-bond donors (Lipinski definition) is 2. The topological polar surface area (TPSA) is 88.4 Å². The Hall–Kier alpha value is -3.19. The van der Waals surface area contributed by atoms with Gasteiger partial charge in [-0.2, -0.15) is 0 Å². The SMILES string of the molecule is CC(=O)NCc1ccc(C(=O)Nc2sc3c(c2C(=O)c2ccco2)CCC(C)C3)cc1. The molecule has 2 heterocycles. The number of rotatable bonds is 6. The van der Waals surface area contributed by atoms with E-state index in [2.05, 4.69) is 17.6 Å². The van der Waals surface area contributed by atoms with E-state index in [4.69, 9.17) is 4.42 Å². The molecule has 0 saturated heterocycles. The molecule has 4 rings (SSSR count). The van der Waals surface area contributed by atoms with E-state index < -0.39 is 0 Å². The molecule has 2 aromatic heterocycles. The van der Waals surface area contributed by atoms with E-state index >= 15 is 0 Å². The lowest BCUT2D eigenvalue weighted by Gasteiger charge is -2.18. The van der Waals surface area contributed by atoms with E-state index in [1.54, 1.807) is 36.4 Å². The van der Waals surface area contributed by atoms with Crippen molar-refractivity contribution in [3.63, 3.8) is 0 Å². The van der Waals surface area contributed by atoms with Crippen molar-refractivity contribution in [2.45, 2.75) is 39.7 Å². The van der Waals surface area contributed by atoms with Gasteiger partial charge in [-0.05, 0) is 60.6 Å². The summed E-state index contributed by atoms with van der Waals surface area (Å²) in [5.41, 5.74) is 2.98. The van der Waals surface area contributed by atoms with Crippen molar-refractivity contribution >= 4 is 33.9 Å². The van der Waals surface area contributed by atoms with Crippen LogP contribution in [0.2, 0.25) is 0 Å². The fraction of sp³-hybridized carbons (Fsp3) is 0.292. The monoisotopic (exact) mass is 436 g/mol. The van der Waals surface area contributed by atoms with Crippen molar-refractivity contribution in [1.82, 2.24) is 5.32 Å². The van der Waals surface area contributed by atoms with Gasteiger partial charge in [0.25, 0.3) is 5.91 Å². The third-order valence-electron chi connectivity index (χ3n) is 5.47. The Labute approximate surface area is 184 Å². The number of benzene rings is 1. The van der Waals surface area contributed by atoms with Crippen LogP contribution in [0.5, 0.6) is 0 Å². The van der Waals surface area contributed by atoms with Crippen LogP contribution in [0, 0.1) is 5.92 Å². The molecule has 0 fully saturated rings. The Morgan fingerprint density at radius 2 is 1.94 bits per heavy atom. The van der Waals surface area contributed by atoms with Crippen LogP contribution in [-0.2, 0) is 24.2 Å². The lowest BCUT2D eigenvalue weighted by atomic mass is 9.87. The zero-order valence-corrected chi connectivity index (χ0v) is 18.3. The zero-order valence-electron chi connectivity index (χ0n) is 17.5. The second-order valence-corrected chi connectivity index (χ2v) is 9.03. The minimum absolute atomic E-state index is 0.105. The van der Waals surface area contributed by atoms with Crippen LogP contribution >= 0.6 is 11.3 Å².